The van der Waals surface area contributed by atoms with E-state index in [1.165, 1.54) is 0 Å². The minimum atomic E-state index is -4.63. The van der Waals surface area contributed by atoms with Gasteiger partial charge >= 0.3 is 6.18 Å². The van der Waals surface area contributed by atoms with Crippen molar-refractivity contribution in [3.05, 3.63) is 51.9 Å². The van der Waals surface area contributed by atoms with Crippen LogP contribution in [0.1, 0.15) is 47.2 Å². The van der Waals surface area contributed by atoms with Crippen molar-refractivity contribution in [2.75, 3.05) is 44.7 Å². The number of likely N-dealkylation sites (N-methyl/N-ethyl adjacent to an activating group) is 2. The highest BCUT2D eigenvalue weighted by Crippen LogP contribution is 2.35. The van der Waals surface area contributed by atoms with Gasteiger partial charge in [0.2, 0.25) is 5.82 Å². The van der Waals surface area contributed by atoms with Gasteiger partial charge in [0.25, 0.3) is 5.91 Å². The van der Waals surface area contributed by atoms with E-state index >= 15 is 0 Å². The Labute approximate surface area is 213 Å². The number of fused-ring (bicyclic) bond motifs is 1. The molecule has 0 spiro atoms. The molecule has 1 aliphatic carbocycles. The maximum absolute atomic E-state index is 13.5. The minimum absolute atomic E-state index is 0.136. The maximum Gasteiger partial charge on any atom is 0.451 e. The molecule has 0 bridgehead atoms. The number of rotatable bonds is 7. The molecular weight excluding hydrogens is 495 g/mol. The van der Waals surface area contributed by atoms with Crippen molar-refractivity contribution in [2.45, 2.75) is 50.9 Å². The largest absolute Gasteiger partial charge is 0.451 e. The monoisotopic (exact) mass is 525 g/mol. The molecule has 7 nitrogen and oxygen atoms in total. The molecule has 0 saturated carbocycles. The lowest BCUT2D eigenvalue weighted by atomic mass is 9.96. The highest BCUT2D eigenvalue weighted by molar-refractivity contribution is 6.30. The fraction of sp³-hybridized carbons (Fsp3) is 0.560. The van der Waals surface area contributed by atoms with Crippen molar-refractivity contribution in [2.24, 2.45) is 0 Å². The molecule has 2 heterocycles. The maximum atomic E-state index is 13.5. The standard InChI is InChI=1S/C25H31ClF3N5O2/c1-3-33(13-12-32(2)23(36)16-8-10-17(26)11-9-16)20-14-34(15-21(20)35)22-18-6-4-5-7-19(18)30-24(31-22)25(27,28)29/h8-11,20-21,35H,3-7,12-15H2,1-2H3/t20-,21-/m1/s1. The van der Waals surface area contributed by atoms with Gasteiger partial charge in [-0.1, -0.05) is 18.5 Å². The SMILES string of the molecule is CCN(CCN(C)C(=O)c1ccc(Cl)cc1)[C@@H]1CN(c2nc(C(F)(F)F)nc3c2CCCC3)C[C@H]1O. The van der Waals surface area contributed by atoms with Gasteiger partial charge < -0.3 is 14.9 Å². The zero-order valence-electron chi connectivity index (χ0n) is 20.4. The smallest absolute Gasteiger partial charge is 0.390 e. The zero-order chi connectivity index (χ0) is 26.0. The van der Waals surface area contributed by atoms with E-state index in [9.17, 15) is 23.1 Å². The van der Waals surface area contributed by atoms with Crippen LogP contribution in [0.15, 0.2) is 24.3 Å². The average Bonchev–Trinajstić information content (AvgIpc) is 3.24. The number of hydrogen-bond donors (Lipinski definition) is 1. The quantitative estimate of drug-likeness (QED) is 0.595. The van der Waals surface area contributed by atoms with Gasteiger partial charge in [0, 0.05) is 55.1 Å². The minimum Gasteiger partial charge on any atom is -0.390 e. The molecule has 4 rings (SSSR count). The normalized spacial score (nSPS) is 20.1. The first-order valence-electron chi connectivity index (χ1n) is 12.2. The third-order valence-electron chi connectivity index (χ3n) is 7.01. The Morgan fingerprint density at radius 3 is 2.50 bits per heavy atom. The van der Waals surface area contributed by atoms with E-state index in [-0.39, 0.29) is 18.5 Å². The second-order valence-electron chi connectivity index (χ2n) is 9.40. The first-order valence-corrected chi connectivity index (χ1v) is 12.6. The number of hydrogen-bond acceptors (Lipinski definition) is 6. The fourth-order valence-electron chi connectivity index (χ4n) is 5.02. The number of nitrogens with zero attached hydrogens (tertiary/aromatic N) is 5. The molecular formula is C25H31ClF3N5O2. The summed E-state index contributed by atoms with van der Waals surface area (Å²) in [6, 6.07) is 6.39. The van der Waals surface area contributed by atoms with Crippen molar-refractivity contribution in [1.82, 2.24) is 19.8 Å². The molecule has 1 saturated heterocycles. The number of aliphatic hydroxyl groups is 1. The number of β-amino-alcohol motifs (C(OH)–C–C–N with tert-alkyl or cyclic N) is 1. The Hall–Kier alpha value is -2.43. The third kappa shape index (κ3) is 5.76. The van der Waals surface area contributed by atoms with Gasteiger partial charge in [0.05, 0.1) is 12.1 Å². The van der Waals surface area contributed by atoms with Gasteiger partial charge in [-0.2, -0.15) is 13.2 Å². The summed E-state index contributed by atoms with van der Waals surface area (Å²) < 4.78 is 40.5. The number of benzene rings is 1. The van der Waals surface area contributed by atoms with E-state index in [0.717, 1.165) is 18.4 Å². The summed E-state index contributed by atoms with van der Waals surface area (Å²) in [7, 11) is 1.72. The van der Waals surface area contributed by atoms with Gasteiger partial charge in [0.15, 0.2) is 0 Å². The van der Waals surface area contributed by atoms with Crippen molar-refractivity contribution >= 4 is 23.3 Å². The van der Waals surface area contributed by atoms with E-state index in [0.29, 0.717) is 61.1 Å². The number of amides is 1. The van der Waals surface area contributed by atoms with Gasteiger partial charge in [-0.15, -0.1) is 0 Å². The van der Waals surface area contributed by atoms with Gasteiger partial charge in [-0.3, -0.25) is 9.69 Å². The van der Waals surface area contributed by atoms with Crippen LogP contribution in [0.2, 0.25) is 5.02 Å². The van der Waals surface area contributed by atoms with Gasteiger partial charge in [-0.05, 0) is 56.5 Å². The fourth-order valence-corrected chi connectivity index (χ4v) is 5.14. The molecule has 0 unspecified atom stereocenters. The first-order chi connectivity index (χ1) is 17.1. The number of alkyl halides is 3. The molecule has 36 heavy (non-hydrogen) atoms. The number of halogens is 4. The summed E-state index contributed by atoms with van der Waals surface area (Å²) >= 11 is 5.91. The second kappa shape index (κ2) is 10.9. The van der Waals surface area contributed by atoms with Crippen molar-refractivity contribution in [3.8, 4) is 0 Å². The number of aliphatic hydroxyl groups excluding tert-OH is 1. The lowest BCUT2D eigenvalue weighted by Gasteiger charge is -2.31. The number of aromatic nitrogens is 2. The lowest BCUT2D eigenvalue weighted by molar-refractivity contribution is -0.145. The molecule has 1 amide bonds. The van der Waals surface area contributed by atoms with Crippen LogP contribution in [-0.4, -0.2) is 82.7 Å². The predicted octanol–water partition coefficient (Wildman–Crippen LogP) is 3.67. The molecule has 1 aromatic carbocycles. The second-order valence-corrected chi connectivity index (χ2v) is 9.84. The Kier molecular flexibility index (Phi) is 8.06. The van der Waals surface area contributed by atoms with Crippen LogP contribution >= 0.6 is 11.6 Å². The molecule has 0 radical (unpaired) electrons. The van der Waals surface area contributed by atoms with Crippen molar-refractivity contribution in [3.63, 3.8) is 0 Å². The summed E-state index contributed by atoms with van der Waals surface area (Å²) in [4.78, 5) is 25.9. The zero-order valence-corrected chi connectivity index (χ0v) is 21.2. The number of carbonyl (C=O) groups excluding carboxylic acids is 1. The summed E-state index contributed by atoms with van der Waals surface area (Å²) in [5.41, 5.74) is 1.76. The van der Waals surface area contributed by atoms with E-state index in [1.807, 2.05) is 6.92 Å². The van der Waals surface area contributed by atoms with Crippen molar-refractivity contribution in [1.29, 1.82) is 0 Å². The van der Waals surface area contributed by atoms with E-state index < -0.39 is 18.1 Å². The van der Waals surface area contributed by atoms with Crippen LogP contribution in [0.4, 0.5) is 19.0 Å². The summed E-state index contributed by atoms with van der Waals surface area (Å²) in [5, 5.41) is 11.4. The lowest BCUT2D eigenvalue weighted by Crippen LogP contribution is -2.46. The summed E-state index contributed by atoms with van der Waals surface area (Å²) in [6.45, 7) is 4.07. The molecule has 1 N–H and O–H groups in total. The number of aryl methyl sites for hydroxylation is 1. The van der Waals surface area contributed by atoms with Crippen LogP contribution in [-0.2, 0) is 19.0 Å². The van der Waals surface area contributed by atoms with E-state index in [2.05, 4.69) is 14.9 Å². The average molecular weight is 526 g/mol. The third-order valence-corrected chi connectivity index (χ3v) is 7.26. The molecule has 196 valence electrons. The van der Waals surface area contributed by atoms with Gasteiger partial charge in [-0.25, -0.2) is 9.97 Å². The molecule has 1 aliphatic heterocycles. The number of carbonyl (C=O) groups is 1. The molecule has 2 aromatic rings. The van der Waals surface area contributed by atoms with Gasteiger partial charge in [0.1, 0.15) is 5.82 Å². The summed E-state index contributed by atoms with van der Waals surface area (Å²) in [6.07, 6.45) is -2.57. The Morgan fingerprint density at radius 2 is 1.83 bits per heavy atom. The highest BCUT2D eigenvalue weighted by Gasteiger charge is 2.40. The van der Waals surface area contributed by atoms with Crippen LogP contribution in [0.25, 0.3) is 0 Å². The number of anilines is 1. The van der Waals surface area contributed by atoms with Crippen molar-refractivity contribution < 1.29 is 23.1 Å². The highest BCUT2D eigenvalue weighted by atomic mass is 35.5. The van der Waals surface area contributed by atoms with E-state index in [4.69, 9.17) is 11.6 Å². The van der Waals surface area contributed by atoms with Crippen LogP contribution in [0.5, 0.6) is 0 Å². The Balaban J connectivity index is 1.47. The first kappa shape index (κ1) is 26.6. The molecule has 2 aliphatic rings. The molecule has 2 atom stereocenters. The molecule has 11 heteroatoms. The van der Waals surface area contributed by atoms with Crippen LogP contribution < -0.4 is 4.90 Å². The Morgan fingerprint density at radius 1 is 1.14 bits per heavy atom. The van der Waals surface area contributed by atoms with Crippen LogP contribution in [0, 0.1) is 0 Å². The molecule has 1 fully saturated rings. The van der Waals surface area contributed by atoms with E-state index in [1.54, 1.807) is 41.1 Å². The summed E-state index contributed by atoms with van der Waals surface area (Å²) in [5.74, 6) is -0.964. The van der Waals surface area contributed by atoms with Crippen LogP contribution in [0.3, 0.4) is 0 Å². The topological polar surface area (TPSA) is 72.8 Å². The predicted molar refractivity (Wildman–Crippen MR) is 131 cm³/mol. The Bertz CT molecular complexity index is 1080. The molecule has 1 aromatic heterocycles.